The fraction of sp³-hybridized carbons (Fsp3) is 0.200. The van der Waals surface area contributed by atoms with E-state index in [2.05, 4.69) is 0 Å². The lowest BCUT2D eigenvalue weighted by molar-refractivity contribution is 0.0878. The summed E-state index contributed by atoms with van der Waals surface area (Å²) in [6, 6.07) is 17.4. The fourth-order valence-electron chi connectivity index (χ4n) is 2.14. The molecule has 2 atom stereocenters. The zero-order chi connectivity index (χ0) is 12.4. The van der Waals surface area contributed by atoms with Gasteiger partial charge in [-0.3, -0.25) is 0 Å². The van der Waals surface area contributed by atoms with Gasteiger partial charge in [-0.25, -0.2) is 0 Å². The molecule has 0 amide bonds. The van der Waals surface area contributed by atoms with Crippen molar-refractivity contribution in [3.8, 4) is 11.5 Å². The molecule has 3 heteroatoms. The van der Waals surface area contributed by atoms with E-state index in [-0.39, 0.29) is 12.1 Å². The van der Waals surface area contributed by atoms with Crippen LogP contribution in [0.3, 0.4) is 0 Å². The molecule has 1 aliphatic rings. The molecule has 2 N–H and O–H groups in total. The molecule has 0 saturated heterocycles. The van der Waals surface area contributed by atoms with E-state index < -0.39 is 0 Å². The third-order valence-corrected chi connectivity index (χ3v) is 3.11. The highest BCUT2D eigenvalue weighted by Gasteiger charge is 2.29. The Hall–Kier alpha value is -2.00. The Kier molecular flexibility index (Phi) is 2.90. The summed E-state index contributed by atoms with van der Waals surface area (Å²) in [6.07, 6.45) is -0.151. The quantitative estimate of drug-likeness (QED) is 0.878. The van der Waals surface area contributed by atoms with Crippen LogP contribution in [-0.4, -0.2) is 12.7 Å². The van der Waals surface area contributed by atoms with Crippen molar-refractivity contribution in [2.45, 2.75) is 12.1 Å². The van der Waals surface area contributed by atoms with Gasteiger partial charge in [0.2, 0.25) is 0 Å². The molecule has 1 aliphatic heterocycles. The van der Waals surface area contributed by atoms with Gasteiger partial charge < -0.3 is 15.2 Å². The van der Waals surface area contributed by atoms with Crippen molar-refractivity contribution in [2.75, 3.05) is 6.61 Å². The van der Waals surface area contributed by atoms with Crippen molar-refractivity contribution in [1.29, 1.82) is 0 Å². The minimum atomic E-state index is -0.157. The minimum Gasteiger partial charge on any atom is -0.489 e. The summed E-state index contributed by atoms with van der Waals surface area (Å²) >= 11 is 0. The number of fused-ring (bicyclic) bond motifs is 1. The van der Waals surface area contributed by atoms with Gasteiger partial charge in [-0.1, -0.05) is 36.4 Å². The van der Waals surface area contributed by atoms with Gasteiger partial charge in [0.1, 0.15) is 18.1 Å². The maximum Gasteiger partial charge on any atom is 0.152 e. The Morgan fingerprint density at radius 2 is 1.72 bits per heavy atom. The third-order valence-electron chi connectivity index (χ3n) is 3.11. The van der Waals surface area contributed by atoms with Crippen LogP contribution < -0.4 is 15.2 Å². The van der Waals surface area contributed by atoms with E-state index in [1.165, 1.54) is 0 Å². The molecule has 0 aromatic heterocycles. The summed E-state index contributed by atoms with van der Waals surface area (Å²) in [5.74, 6) is 1.68. The summed E-state index contributed by atoms with van der Waals surface area (Å²) in [6.45, 7) is 0.479. The predicted molar refractivity (Wildman–Crippen MR) is 69.7 cm³/mol. The molecule has 0 bridgehead atoms. The second-order valence-electron chi connectivity index (χ2n) is 4.34. The predicted octanol–water partition coefficient (Wildman–Crippen LogP) is 2.53. The average Bonchev–Trinajstić information content (AvgIpc) is 2.43. The molecule has 0 radical (unpaired) electrons. The van der Waals surface area contributed by atoms with Gasteiger partial charge in [0.05, 0.1) is 6.04 Å². The number of hydrogen-bond acceptors (Lipinski definition) is 3. The van der Waals surface area contributed by atoms with Crippen molar-refractivity contribution in [2.24, 2.45) is 5.73 Å². The van der Waals surface area contributed by atoms with E-state index in [4.69, 9.17) is 15.2 Å². The summed E-state index contributed by atoms with van der Waals surface area (Å²) in [5, 5.41) is 0. The molecule has 2 aromatic rings. The van der Waals surface area contributed by atoms with E-state index in [0.29, 0.717) is 6.61 Å². The van der Waals surface area contributed by atoms with E-state index in [1.54, 1.807) is 0 Å². The summed E-state index contributed by atoms with van der Waals surface area (Å²) in [7, 11) is 0. The second kappa shape index (κ2) is 4.70. The first kappa shape index (κ1) is 11.1. The molecule has 0 fully saturated rings. The monoisotopic (exact) mass is 241 g/mol. The lowest BCUT2D eigenvalue weighted by Gasteiger charge is -2.31. The number of benzene rings is 2. The lowest BCUT2D eigenvalue weighted by atomic mass is 9.99. The van der Waals surface area contributed by atoms with E-state index >= 15 is 0 Å². The highest BCUT2D eigenvalue weighted by molar-refractivity contribution is 5.38. The Labute approximate surface area is 106 Å². The van der Waals surface area contributed by atoms with Crippen LogP contribution in [0.25, 0.3) is 0 Å². The molecule has 2 aromatic carbocycles. The SMILES string of the molecule is NC1c2ccccc2OCC1Oc1ccccc1. The molecule has 2 unspecified atom stereocenters. The van der Waals surface area contributed by atoms with E-state index in [9.17, 15) is 0 Å². The summed E-state index contributed by atoms with van der Waals surface area (Å²) in [4.78, 5) is 0. The number of para-hydroxylation sites is 2. The van der Waals surface area contributed by atoms with Gasteiger partial charge in [-0.05, 0) is 18.2 Å². The van der Waals surface area contributed by atoms with Crippen LogP contribution >= 0.6 is 0 Å². The molecule has 0 saturated carbocycles. The molecule has 3 rings (SSSR count). The lowest BCUT2D eigenvalue weighted by Crippen LogP contribution is -2.40. The van der Waals surface area contributed by atoms with Crippen LogP contribution in [0.2, 0.25) is 0 Å². The summed E-state index contributed by atoms with van der Waals surface area (Å²) in [5.41, 5.74) is 7.24. The largest absolute Gasteiger partial charge is 0.489 e. The smallest absolute Gasteiger partial charge is 0.152 e. The molecule has 18 heavy (non-hydrogen) atoms. The van der Waals surface area contributed by atoms with Crippen LogP contribution in [0.4, 0.5) is 0 Å². The van der Waals surface area contributed by atoms with Gasteiger partial charge in [0.25, 0.3) is 0 Å². The first-order valence-corrected chi connectivity index (χ1v) is 6.03. The van der Waals surface area contributed by atoms with Crippen molar-refractivity contribution >= 4 is 0 Å². The zero-order valence-corrected chi connectivity index (χ0v) is 9.95. The topological polar surface area (TPSA) is 44.5 Å². The number of hydrogen-bond donors (Lipinski definition) is 1. The molecule has 1 heterocycles. The van der Waals surface area contributed by atoms with Crippen LogP contribution in [0, 0.1) is 0 Å². The Morgan fingerprint density at radius 1 is 1.00 bits per heavy atom. The highest BCUT2D eigenvalue weighted by atomic mass is 16.5. The van der Waals surface area contributed by atoms with Crippen molar-refractivity contribution < 1.29 is 9.47 Å². The number of ether oxygens (including phenoxy) is 2. The number of nitrogens with two attached hydrogens (primary N) is 1. The Bertz CT molecular complexity index is 527. The molecule has 3 nitrogen and oxygen atoms in total. The second-order valence-corrected chi connectivity index (χ2v) is 4.34. The fourth-order valence-corrected chi connectivity index (χ4v) is 2.14. The molecular formula is C15H15NO2. The van der Waals surface area contributed by atoms with Gasteiger partial charge in [0.15, 0.2) is 6.10 Å². The zero-order valence-electron chi connectivity index (χ0n) is 9.95. The van der Waals surface area contributed by atoms with Crippen molar-refractivity contribution in [1.82, 2.24) is 0 Å². The standard InChI is InChI=1S/C15H15NO2/c16-15-12-8-4-5-9-13(12)17-10-14(15)18-11-6-2-1-3-7-11/h1-9,14-15H,10,16H2. The Morgan fingerprint density at radius 3 is 2.56 bits per heavy atom. The van der Waals surface area contributed by atoms with E-state index in [0.717, 1.165) is 17.1 Å². The van der Waals surface area contributed by atoms with Gasteiger partial charge in [-0.15, -0.1) is 0 Å². The van der Waals surface area contributed by atoms with E-state index in [1.807, 2.05) is 54.6 Å². The average molecular weight is 241 g/mol. The van der Waals surface area contributed by atoms with Crippen molar-refractivity contribution in [3.63, 3.8) is 0 Å². The highest BCUT2D eigenvalue weighted by Crippen LogP contribution is 2.32. The van der Waals surface area contributed by atoms with Crippen LogP contribution in [0.5, 0.6) is 11.5 Å². The maximum atomic E-state index is 6.23. The molecule has 92 valence electrons. The number of rotatable bonds is 2. The van der Waals surface area contributed by atoms with Crippen LogP contribution in [0.15, 0.2) is 54.6 Å². The van der Waals surface area contributed by atoms with Crippen LogP contribution in [0.1, 0.15) is 11.6 Å². The maximum absolute atomic E-state index is 6.23. The normalized spacial score (nSPS) is 21.8. The summed E-state index contributed by atoms with van der Waals surface area (Å²) < 4.78 is 11.5. The van der Waals surface area contributed by atoms with Crippen LogP contribution in [-0.2, 0) is 0 Å². The van der Waals surface area contributed by atoms with Gasteiger partial charge >= 0.3 is 0 Å². The minimum absolute atomic E-state index is 0.151. The molecule has 0 aliphatic carbocycles. The van der Waals surface area contributed by atoms with Gasteiger partial charge in [-0.2, -0.15) is 0 Å². The molecular weight excluding hydrogens is 226 g/mol. The first-order valence-electron chi connectivity index (χ1n) is 6.03. The first-order chi connectivity index (χ1) is 8.84. The van der Waals surface area contributed by atoms with Crippen molar-refractivity contribution in [3.05, 3.63) is 60.2 Å². The molecule has 0 spiro atoms. The third kappa shape index (κ3) is 2.05. The van der Waals surface area contributed by atoms with Gasteiger partial charge in [0, 0.05) is 5.56 Å². The Balaban J connectivity index is 1.81.